The van der Waals surface area contributed by atoms with Gasteiger partial charge in [0.1, 0.15) is 0 Å². The SMILES string of the molecule is CC(c1ccc2c(c1)CCCN2)c1cnc2ccc(-c3cnn(C)c3)nn12. The summed E-state index contributed by atoms with van der Waals surface area (Å²) in [6.45, 7) is 3.29. The number of rotatable bonds is 3. The Balaban J connectivity index is 1.56. The molecule has 1 N–H and O–H groups in total. The van der Waals surface area contributed by atoms with Gasteiger partial charge in [-0.2, -0.15) is 10.2 Å². The van der Waals surface area contributed by atoms with E-state index >= 15 is 0 Å². The molecule has 3 aromatic heterocycles. The molecule has 6 nitrogen and oxygen atoms in total. The number of hydrogen-bond donors (Lipinski definition) is 1. The Bertz CT molecular complexity index is 1120. The first-order chi connectivity index (χ1) is 13.2. The molecule has 0 amide bonds. The maximum absolute atomic E-state index is 4.84. The molecular formula is C21H22N6. The Morgan fingerprint density at radius 3 is 2.93 bits per heavy atom. The van der Waals surface area contributed by atoms with E-state index in [1.54, 1.807) is 4.68 Å². The van der Waals surface area contributed by atoms with Crippen LogP contribution in [0, 0.1) is 0 Å². The summed E-state index contributed by atoms with van der Waals surface area (Å²) in [6, 6.07) is 10.8. The third-order valence-corrected chi connectivity index (χ3v) is 5.40. The fourth-order valence-electron chi connectivity index (χ4n) is 3.83. The zero-order chi connectivity index (χ0) is 18.4. The molecule has 136 valence electrons. The van der Waals surface area contributed by atoms with Crippen LogP contribution >= 0.6 is 0 Å². The molecule has 4 heterocycles. The molecule has 5 rings (SSSR count). The summed E-state index contributed by atoms with van der Waals surface area (Å²) in [6.07, 6.45) is 8.09. The smallest absolute Gasteiger partial charge is 0.153 e. The van der Waals surface area contributed by atoms with Gasteiger partial charge in [0.25, 0.3) is 0 Å². The molecule has 1 aliphatic rings. The Hall–Kier alpha value is -3.15. The Morgan fingerprint density at radius 1 is 1.15 bits per heavy atom. The van der Waals surface area contributed by atoms with Crippen molar-refractivity contribution in [3.05, 3.63) is 65.7 Å². The van der Waals surface area contributed by atoms with Crippen molar-refractivity contribution in [1.82, 2.24) is 24.4 Å². The average molecular weight is 358 g/mol. The summed E-state index contributed by atoms with van der Waals surface area (Å²) in [5, 5.41) is 12.6. The second-order valence-corrected chi connectivity index (χ2v) is 7.24. The number of aryl methyl sites for hydroxylation is 2. The van der Waals surface area contributed by atoms with Gasteiger partial charge >= 0.3 is 0 Å². The third kappa shape index (κ3) is 2.77. The van der Waals surface area contributed by atoms with E-state index in [9.17, 15) is 0 Å². The lowest BCUT2D eigenvalue weighted by molar-refractivity contribution is 0.767. The molecule has 1 unspecified atom stereocenters. The number of hydrogen-bond acceptors (Lipinski definition) is 4. The second-order valence-electron chi connectivity index (χ2n) is 7.24. The van der Waals surface area contributed by atoms with Crippen LogP contribution in [-0.4, -0.2) is 30.9 Å². The summed E-state index contributed by atoms with van der Waals surface area (Å²) in [4.78, 5) is 4.56. The molecule has 0 fully saturated rings. The van der Waals surface area contributed by atoms with Crippen LogP contribution in [0.5, 0.6) is 0 Å². The summed E-state index contributed by atoms with van der Waals surface area (Å²) in [5.74, 6) is 0.212. The van der Waals surface area contributed by atoms with E-state index in [0.717, 1.165) is 35.6 Å². The number of aromatic nitrogens is 5. The normalized spacial score (nSPS) is 14.7. The highest BCUT2D eigenvalue weighted by molar-refractivity contribution is 5.59. The van der Waals surface area contributed by atoms with Gasteiger partial charge in [-0.1, -0.05) is 19.1 Å². The minimum absolute atomic E-state index is 0.212. The van der Waals surface area contributed by atoms with E-state index in [-0.39, 0.29) is 5.92 Å². The molecule has 0 saturated heterocycles. The van der Waals surface area contributed by atoms with E-state index < -0.39 is 0 Å². The van der Waals surface area contributed by atoms with Crippen molar-refractivity contribution in [1.29, 1.82) is 0 Å². The van der Waals surface area contributed by atoms with Gasteiger partial charge in [-0.3, -0.25) is 4.68 Å². The van der Waals surface area contributed by atoms with E-state index in [4.69, 9.17) is 5.10 Å². The van der Waals surface area contributed by atoms with Crippen LogP contribution in [0.1, 0.15) is 36.1 Å². The molecule has 1 atom stereocenters. The number of fused-ring (bicyclic) bond motifs is 2. The van der Waals surface area contributed by atoms with Crippen molar-refractivity contribution >= 4 is 11.3 Å². The summed E-state index contributed by atoms with van der Waals surface area (Å²) < 4.78 is 3.75. The molecule has 4 aromatic rings. The van der Waals surface area contributed by atoms with Gasteiger partial charge in [-0.25, -0.2) is 9.50 Å². The van der Waals surface area contributed by atoms with Gasteiger partial charge < -0.3 is 5.32 Å². The highest BCUT2D eigenvalue weighted by Crippen LogP contribution is 2.30. The molecule has 1 aromatic carbocycles. The lowest BCUT2D eigenvalue weighted by Gasteiger charge is -2.20. The molecular weight excluding hydrogens is 336 g/mol. The van der Waals surface area contributed by atoms with E-state index in [1.807, 2.05) is 42.3 Å². The maximum Gasteiger partial charge on any atom is 0.153 e. The largest absolute Gasteiger partial charge is 0.385 e. The summed E-state index contributed by atoms with van der Waals surface area (Å²) in [5.41, 5.74) is 7.84. The van der Waals surface area contributed by atoms with Crippen molar-refractivity contribution in [3.8, 4) is 11.3 Å². The standard InChI is InChI=1S/C21H22N6/c1-14(15-5-6-18-16(10-15)4-3-9-22-18)20-12-23-21-8-7-19(25-27(20)21)17-11-24-26(2)13-17/h5-8,10-14,22H,3-4,9H2,1-2H3. The first-order valence-electron chi connectivity index (χ1n) is 9.39. The molecule has 0 saturated carbocycles. The van der Waals surface area contributed by atoms with Crippen LogP contribution in [0.25, 0.3) is 16.9 Å². The Labute approximate surface area is 157 Å². The minimum Gasteiger partial charge on any atom is -0.385 e. The van der Waals surface area contributed by atoms with Gasteiger partial charge in [0.2, 0.25) is 0 Å². The van der Waals surface area contributed by atoms with Crippen LogP contribution < -0.4 is 5.32 Å². The molecule has 0 radical (unpaired) electrons. The molecule has 27 heavy (non-hydrogen) atoms. The lowest BCUT2D eigenvalue weighted by atomic mass is 9.93. The van der Waals surface area contributed by atoms with Gasteiger partial charge in [0.05, 0.1) is 23.8 Å². The molecule has 0 aliphatic carbocycles. The van der Waals surface area contributed by atoms with Crippen molar-refractivity contribution in [2.24, 2.45) is 7.05 Å². The van der Waals surface area contributed by atoms with Gasteiger partial charge in [-0.15, -0.1) is 0 Å². The zero-order valence-electron chi connectivity index (χ0n) is 15.6. The van der Waals surface area contributed by atoms with E-state index in [0.29, 0.717) is 0 Å². The number of anilines is 1. The highest BCUT2D eigenvalue weighted by Gasteiger charge is 2.18. The van der Waals surface area contributed by atoms with Crippen molar-refractivity contribution in [2.75, 3.05) is 11.9 Å². The number of nitrogens with zero attached hydrogens (tertiary/aromatic N) is 5. The zero-order valence-corrected chi connectivity index (χ0v) is 15.6. The van der Waals surface area contributed by atoms with E-state index in [1.165, 1.54) is 23.2 Å². The van der Waals surface area contributed by atoms with Gasteiger partial charge in [-0.05, 0) is 42.2 Å². The third-order valence-electron chi connectivity index (χ3n) is 5.40. The van der Waals surface area contributed by atoms with Crippen LogP contribution in [-0.2, 0) is 13.5 Å². The topological polar surface area (TPSA) is 60.0 Å². The van der Waals surface area contributed by atoms with E-state index in [2.05, 4.69) is 40.5 Å². The number of imidazole rings is 1. The van der Waals surface area contributed by atoms with Crippen LogP contribution in [0.3, 0.4) is 0 Å². The monoisotopic (exact) mass is 358 g/mol. The van der Waals surface area contributed by atoms with Crippen molar-refractivity contribution < 1.29 is 0 Å². The van der Waals surface area contributed by atoms with Gasteiger partial charge in [0, 0.05) is 37.0 Å². The first-order valence-corrected chi connectivity index (χ1v) is 9.39. The van der Waals surface area contributed by atoms with Crippen LogP contribution in [0.15, 0.2) is 48.9 Å². The summed E-state index contributed by atoms with van der Waals surface area (Å²) in [7, 11) is 1.91. The predicted octanol–water partition coefficient (Wildman–Crippen LogP) is 3.64. The van der Waals surface area contributed by atoms with Crippen molar-refractivity contribution in [2.45, 2.75) is 25.7 Å². The van der Waals surface area contributed by atoms with Crippen LogP contribution in [0.2, 0.25) is 0 Å². The molecule has 0 bridgehead atoms. The minimum atomic E-state index is 0.212. The quantitative estimate of drug-likeness (QED) is 0.607. The lowest BCUT2D eigenvalue weighted by Crippen LogP contribution is -2.12. The molecule has 6 heteroatoms. The number of benzene rings is 1. The fraction of sp³-hybridized carbons (Fsp3) is 0.286. The maximum atomic E-state index is 4.84. The van der Waals surface area contributed by atoms with Crippen LogP contribution in [0.4, 0.5) is 5.69 Å². The predicted molar refractivity (Wildman–Crippen MR) is 106 cm³/mol. The molecule has 1 aliphatic heterocycles. The second kappa shape index (κ2) is 6.23. The average Bonchev–Trinajstić information content (AvgIpc) is 3.32. The number of nitrogens with one attached hydrogen (secondary N) is 1. The highest BCUT2D eigenvalue weighted by atomic mass is 15.3. The molecule has 0 spiro atoms. The first kappa shape index (κ1) is 16.1. The van der Waals surface area contributed by atoms with Gasteiger partial charge in [0.15, 0.2) is 5.65 Å². The van der Waals surface area contributed by atoms with Crippen molar-refractivity contribution in [3.63, 3.8) is 0 Å². The fourth-order valence-corrected chi connectivity index (χ4v) is 3.83. The summed E-state index contributed by atoms with van der Waals surface area (Å²) >= 11 is 0. The Kier molecular flexibility index (Phi) is 3.70. The Morgan fingerprint density at radius 2 is 2.07 bits per heavy atom.